The molecule has 2 saturated carbocycles. The van der Waals surface area contributed by atoms with Crippen molar-refractivity contribution in [3.05, 3.63) is 81.8 Å². The maximum atomic E-state index is 14.0. The molecular weight excluding hydrogens is 612 g/mol. The van der Waals surface area contributed by atoms with Gasteiger partial charge in [0.1, 0.15) is 16.2 Å². The van der Waals surface area contributed by atoms with Gasteiger partial charge < -0.3 is 9.84 Å². The number of carboxylic acids is 1. The van der Waals surface area contributed by atoms with Crippen LogP contribution in [0.4, 0.5) is 0 Å². The Kier molecular flexibility index (Phi) is 7.20. The van der Waals surface area contributed by atoms with Gasteiger partial charge in [-0.05, 0) is 62.1 Å². The first-order valence-electron chi connectivity index (χ1n) is 13.4. The van der Waals surface area contributed by atoms with Gasteiger partial charge in [0.15, 0.2) is 0 Å². The van der Waals surface area contributed by atoms with Crippen LogP contribution >= 0.6 is 15.9 Å². The molecule has 2 aliphatic carbocycles. The Balaban J connectivity index is 1.33. The SMILES string of the molecule is CCOc1ccc(Br)cc1S(=O)(=O)N(Cc1cccc(-n2ncc(C(=O)O)c2[C@@H]2C[C@H]2c2cn(C)nn2)c1)C1CC1. The predicted octanol–water partition coefficient (Wildman–Crippen LogP) is 4.48. The van der Waals surface area contributed by atoms with Crippen molar-refractivity contribution in [1.29, 1.82) is 0 Å². The molecule has 0 radical (unpaired) electrons. The van der Waals surface area contributed by atoms with Gasteiger partial charge in [-0.1, -0.05) is 33.3 Å². The first kappa shape index (κ1) is 27.6. The Hall–Kier alpha value is -3.55. The standard InChI is InChI=1S/C28H29BrN6O5S/c1-3-40-25-10-7-18(29)12-26(25)41(38,39)34(19-8-9-19)15-17-5-4-6-20(11-17)35-27(23(14-30-35)28(36)37)22-13-21(22)24-16-33(2)32-31-24/h4-7,10-12,14,16,19,21-22H,3,8-9,13,15H2,1-2H3,(H,36,37)/t21-,22-/m1/s1. The Bertz CT molecular complexity index is 1730. The van der Waals surface area contributed by atoms with E-state index < -0.39 is 16.0 Å². The van der Waals surface area contributed by atoms with Crippen LogP contribution < -0.4 is 4.74 Å². The van der Waals surface area contributed by atoms with Gasteiger partial charge in [0.05, 0.1) is 29.9 Å². The van der Waals surface area contributed by atoms with Crippen molar-refractivity contribution in [2.24, 2.45) is 7.05 Å². The minimum Gasteiger partial charge on any atom is -0.492 e. The summed E-state index contributed by atoms with van der Waals surface area (Å²) in [5.41, 5.74) is 3.00. The number of ether oxygens (including phenoxy) is 1. The molecule has 4 aromatic rings. The zero-order chi connectivity index (χ0) is 28.9. The van der Waals surface area contributed by atoms with E-state index in [2.05, 4.69) is 31.3 Å². The third-order valence-electron chi connectivity index (χ3n) is 7.42. The quantitative estimate of drug-likeness (QED) is 0.254. The van der Waals surface area contributed by atoms with Crippen LogP contribution in [0.1, 0.15) is 65.3 Å². The molecule has 0 amide bonds. The summed E-state index contributed by atoms with van der Waals surface area (Å²) in [5.74, 6) is -0.738. The molecule has 13 heteroatoms. The smallest absolute Gasteiger partial charge is 0.339 e. The second-order valence-electron chi connectivity index (χ2n) is 10.4. The van der Waals surface area contributed by atoms with Crippen molar-refractivity contribution >= 4 is 31.9 Å². The van der Waals surface area contributed by atoms with Gasteiger partial charge in [0, 0.05) is 42.1 Å². The summed E-state index contributed by atoms with van der Waals surface area (Å²) in [6.07, 6.45) is 5.54. The molecular formula is C28H29BrN6O5S. The number of nitrogens with zero attached hydrogens (tertiary/aromatic N) is 6. The Morgan fingerprint density at radius 1 is 1.20 bits per heavy atom. The third kappa shape index (κ3) is 5.41. The summed E-state index contributed by atoms with van der Waals surface area (Å²) < 4.78 is 39.0. The molecule has 0 saturated heterocycles. The second-order valence-corrected chi connectivity index (χ2v) is 13.2. The first-order valence-corrected chi connectivity index (χ1v) is 15.6. The molecule has 11 nitrogen and oxygen atoms in total. The van der Waals surface area contributed by atoms with Crippen LogP contribution in [0.3, 0.4) is 0 Å². The van der Waals surface area contributed by atoms with Crippen LogP contribution in [0, 0.1) is 0 Å². The molecule has 0 unspecified atom stereocenters. The predicted molar refractivity (Wildman–Crippen MR) is 153 cm³/mol. The highest BCUT2D eigenvalue weighted by molar-refractivity contribution is 9.10. The summed E-state index contributed by atoms with van der Waals surface area (Å²) >= 11 is 3.40. The third-order valence-corrected chi connectivity index (χ3v) is 9.83. The highest BCUT2D eigenvalue weighted by Gasteiger charge is 2.46. The number of aryl methyl sites for hydroxylation is 1. The monoisotopic (exact) mass is 640 g/mol. The molecule has 2 fully saturated rings. The number of hydrogen-bond donors (Lipinski definition) is 1. The number of halogens is 1. The summed E-state index contributed by atoms with van der Waals surface area (Å²) in [6, 6.07) is 12.3. The highest BCUT2D eigenvalue weighted by Crippen LogP contribution is 2.55. The van der Waals surface area contributed by atoms with E-state index in [1.807, 2.05) is 37.4 Å². The maximum absolute atomic E-state index is 14.0. The number of hydrogen-bond acceptors (Lipinski definition) is 7. The number of carboxylic acid groups (broad SMARTS) is 1. The molecule has 0 aliphatic heterocycles. The van der Waals surface area contributed by atoms with Gasteiger partial charge >= 0.3 is 5.97 Å². The van der Waals surface area contributed by atoms with Crippen LogP contribution in [0.25, 0.3) is 5.69 Å². The average molecular weight is 642 g/mol. The van der Waals surface area contributed by atoms with E-state index in [0.717, 1.165) is 30.5 Å². The fourth-order valence-corrected chi connectivity index (χ4v) is 7.61. The molecule has 41 heavy (non-hydrogen) atoms. The minimum absolute atomic E-state index is 0.0562. The topological polar surface area (TPSA) is 132 Å². The molecule has 0 bridgehead atoms. The fraction of sp³-hybridized carbons (Fsp3) is 0.357. The number of aromatic nitrogens is 5. The lowest BCUT2D eigenvalue weighted by atomic mass is 10.1. The van der Waals surface area contributed by atoms with Crippen molar-refractivity contribution in [2.45, 2.75) is 55.5 Å². The van der Waals surface area contributed by atoms with E-state index in [9.17, 15) is 18.3 Å². The van der Waals surface area contributed by atoms with Crippen LogP contribution in [0.5, 0.6) is 5.75 Å². The first-order chi connectivity index (χ1) is 19.7. The van der Waals surface area contributed by atoms with Crippen LogP contribution in [-0.2, 0) is 23.6 Å². The number of benzene rings is 2. The number of rotatable bonds is 11. The van der Waals surface area contributed by atoms with Gasteiger partial charge in [0.25, 0.3) is 0 Å². The van der Waals surface area contributed by atoms with Crippen LogP contribution in [-0.4, -0.2) is 61.2 Å². The Labute approximate surface area is 245 Å². The fourth-order valence-electron chi connectivity index (χ4n) is 5.27. The van der Waals surface area contributed by atoms with Gasteiger partial charge in [0.2, 0.25) is 10.0 Å². The van der Waals surface area contributed by atoms with E-state index in [4.69, 9.17) is 4.74 Å². The maximum Gasteiger partial charge on any atom is 0.339 e. The van der Waals surface area contributed by atoms with Gasteiger partial charge in [-0.25, -0.2) is 17.9 Å². The highest BCUT2D eigenvalue weighted by atomic mass is 79.9. The van der Waals surface area contributed by atoms with E-state index in [-0.39, 0.29) is 34.9 Å². The lowest BCUT2D eigenvalue weighted by Gasteiger charge is -2.24. The molecule has 2 atom stereocenters. The Morgan fingerprint density at radius 2 is 2.00 bits per heavy atom. The van der Waals surface area contributed by atoms with Gasteiger partial charge in [-0.3, -0.25) is 4.68 Å². The molecule has 214 valence electrons. The molecule has 0 spiro atoms. The summed E-state index contributed by atoms with van der Waals surface area (Å²) in [5, 5.41) is 22.6. The minimum atomic E-state index is -3.88. The normalized spacial score (nSPS) is 18.5. The van der Waals surface area contributed by atoms with Crippen molar-refractivity contribution in [2.75, 3.05) is 6.61 Å². The number of aromatic carboxylic acids is 1. The van der Waals surface area contributed by atoms with Crippen LogP contribution in [0.2, 0.25) is 0 Å². The van der Waals surface area contributed by atoms with Crippen LogP contribution in [0.15, 0.2) is 64.2 Å². The van der Waals surface area contributed by atoms with Crippen molar-refractivity contribution < 1.29 is 23.1 Å². The van der Waals surface area contributed by atoms with Crippen molar-refractivity contribution in [1.82, 2.24) is 29.1 Å². The van der Waals surface area contributed by atoms with Gasteiger partial charge in [-0.15, -0.1) is 5.10 Å². The van der Waals surface area contributed by atoms with E-state index >= 15 is 0 Å². The molecule has 2 aliphatic rings. The zero-order valence-electron chi connectivity index (χ0n) is 22.5. The average Bonchev–Trinajstić information content (AvgIpc) is 3.85. The molecule has 2 aromatic carbocycles. The number of sulfonamides is 1. The summed E-state index contributed by atoms with van der Waals surface area (Å²) in [6.45, 7) is 2.32. The number of carbonyl (C=O) groups is 1. The second kappa shape index (κ2) is 10.7. The molecule has 6 rings (SSSR count). The molecule has 1 N–H and O–H groups in total. The zero-order valence-corrected chi connectivity index (χ0v) is 24.9. The van der Waals surface area contributed by atoms with Crippen molar-refractivity contribution in [3.63, 3.8) is 0 Å². The lowest BCUT2D eigenvalue weighted by molar-refractivity contribution is 0.0695. The molecule has 2 aromatic heterocycles. The lowest BCUT2D eigenvalue weighted by Crippen LogP contribution is -2.33. The van der Waals surface area contributed by atoms with Crippen molar-refractivity contribution in [3.8, 4) is 11.4 Å². The summed E-state index contributed by atoms with van der Waals surface area (Å²) in [7, 11) is -2.08. The van der Waals surface area contributed by atoms with Gasteiger partial charge in [-0.2, -0.15) is 9.40 Å². The largest absolute Gasteiger partial charge is 0.492 e. The van der Waals surface area contributed by atoms with E-state index in [0.29, 0.717) is 28.2 Å². The summed E-state index contributed by atoms with van der Waals surface area (Å²) in [4.78, 5) is 12.2. The van der Waals surface area contributed by atoms with E-state index in [1.165, 1.54) is 10.5 Å². The van der Waals surface area contributed by atoms with E-state index in [1.54, 1.807) is 34.6 Å². The molecule has 2 heterocycles. The Morgan fingerprint density at radius 3 is 2.68 bits per heavy atom.